The monoisotopic (exact) mass is 539 g/mol. The van der Waals surface area contributed by atoms with Crippen LogP contribution in [0.2, 0.25) is 0 Å². The number of carbonyl (C=O) groups is 3. The number of hydrogen-bond donors (Lipinski definition) is 4. The number of carbonyl (C=O) groups excluding carboxylic acids is 2. The number of nitrogens with two attached hydrogens (primary N) is 1. The second-order valence-corrected chi connectivity index (χ2v) is 10.9. The zero-order valence-electron chi connectivity index (χ0n) is 21.2. The average molecular weight is 540 g/mol. The summed E-state index contributed by atoms with van der Waals surface area (Å²) in [7, 11) is 0. The third-order valence-electron chi connectivity index (χ3n) is 6.06. The number of fused-ring (bicyclic) bond motifs is 1. The van der Waals surface area contributed by atoms with Gasteiger partial charge in [-0.25, -0.2) is 19.6 Å². The van der Waals surface area contributed by atoms with Crippen molar-refractivity contribution in [1.82, 2.24) is 19.7 Å². The molecule has 3 aromatic heterocycles. The number of rotatable bonds is 6. The van der Waals surface area contributed by atoms with Gasteiger partial charge in [-0.3, -0.25) is 19.3 Å². The number of aliphatic carboxylic acids is 1. The first kappa shape index (κ1) is 26.8. The van der Waals surface area contributed by atoms with Crippen molar-refractivity contribution in [1.29, 1.82) is 0 Å². The van der Waals surface area contributed by atoms with Crippen LogP contribution in [-0.2, 0) is 10.2 Å². The fourth-order valence-corrected chi connectivity index (χ4v) is 5.09. The lowest BCUT2D eigenvalue weighted by molar-refractivity contribution is -0.131. The Bertz CT molecular complexity index is 1490. The van der Waals surface area contributed by atoms with Gasteiger partial charge in [0.15, 0.2) is 5.13 Å². The van der Waals surface area contributed by atoms with E-state index in [0.717, 1.165) is 11.8 Å². The smallest absolute Gasteiger partial charge is 0.328 e. The minimum atomic E-state index is -1.21. The molecular weight excluding hydrogens is 510 g/mol. The van der Waals surface area contributed by atoms with Crippen LogP contribution in [0.15, 0.2) is 34.6 Å². The molecule has 5 N–H and O–H groups in total. The number of thiazole rings is 1. The second kappa shape index (κ2) is 10.6. The first-order valence-corrected chi connectivity index (χ1v) is 12.9. The number of urea groups is 1. The summed E-state index contributed by atoms with van der Waals surface area (Å²) in [5, 5.41) is 17.0. The minimum Gasteiger partial charge on any atom is -0.478 e. The van der Waals surface area contributed by atoms with Gasteiger partial charge in [0, 0.05) is 47.8 Å². The topological polar surface area (TPSA) is 172 Å². The van der Waals surface area contributed by atoms with Gasteiger partial charge in [0.05, 0.1) is 11.3 Å². The number of amides is 3. The predicted octanol–water partition coefficient (Wildman–Crippen LogP) is 2.44. The van der Waals surface area contributed by atoms with Crippen molar-refractivity contribution in [2.24, 2.45) is 5.73 Å². The Kier molecular flexibility index (Phi) is 7.49. The Balaban J connectivity index is 1.72. The molecule has 0 aromatic carbocycles. The molecule has 4 heterocycles. The molecule has 3 amide bonds. The highest BCUT2D eigenvalue weighted by molar-refractivity contribution is 7.14. The molecule has 1 aliphatic rings. The highest BCUT2D eigenvalue weighted by Crippen LogP contribution is 2.27. The number of carboxylic acids is 1. The molecule has 4 rings (SSSR count). The van der Waals surface area contributed by atoms with Gasteiger partial charge in [-0.15, -0.1) is 11.3 Å². The van der Waals surface area contributed by atoms with E-state index in [1.54, 1.807) is 0 Å². The summed E-state index contributed by atoms with van der Waals surface area (Å²) in [6, 6.07) is 2.07. The molecule has 1 aliphatic heterocycles. The van der Waals surface area contributed by atoms with Gasteiger partial charge in [0.1, 0.15) is 11.5 Å². The molecule has 3 aromatic rings. The van der Waals surface area contributed by atoms with Crippen LogP contribution in [-0.4, -0.2) is 56.5 Å². The molecule has 200 valence electrons. The normalized spacial score (nSPS) is 16.1. The summed E-state index contributed by atoms with van der Waals surface area (Å²) in [6.45, 7) is 6.97. The number of hydrogen-bond acceptors (Lipinski definition) is 8. The molecule has 13 heteroatoms. The summed E-state index contributed by atoms with van der Waals surface area (Å²) in [5.41, 5.74) is 6.07. The number of aromatic nitrogens is 3. The number of carboxylic acid groups (broad SMARTS) is 1. The molecule has 12 nitrogen and oxygen atoms in total. The fraction of sp³-hybridized carbons (Fsp3) is 0.360. The third-order valence-corrected chi connectivity index (χ3v) is 6.82. The Morgan fingerprint density at radius 1 is 1.26 bits per heavy atom. The number of nitrogens with zero attached hydrogens (tertiary/aromatic N) is 4. The molecule has 1 saturated heterocycles. The van der Waals surface area contributed by atoms with E-state index in [0.29, 0.717) is 31.1 Å². The molecule has 0 saturated carbocycles. The maximum Gasteiger partial charge on any atom is 0.328 e. The SMILES string of the molecule is CC(C)(C)c1csc(NC(=O)c2ccn3c(=O)c(C=CC(=O)O)c(N4CCCC(NC(N)=O)C4)nc3c2)n1. The van der Waals surface area contributed by atoms with Gasteiger partial charge >= 0.3 is 12.0 Å². The molecule has 1 unspecified atom stereocenters. The minimum absolute atomic E-state index is 0.0827. The molecule has 38 heavy (non-hydrogen) atoms. The molecule has 0 bridgehead atoms. The lowest BCUT2D eigenvalue weighted by Gasteiger charge is -2.34. The summed E-state index contributed by atoms with van der Waals surface area (Å²) >= 11 is 1.33. The van der Waals surface area contributed by atoms with Crippen LogP contribution in [0.1, 0.15) is 55.2 Å². The largest absolute Gasteiger partial charge is 0.478 e. The number of primary amides is 1. The highest BCUT2D eigenvalue weighted by atomic mass is 32.1. The lowest BCUT2D eigenvalue weighted by atomic mass is 9.93. The van der Waals surface area contributed by atoms with Crippen molar-refractivity contribution in [3.05, 3.63) is 57.0 Å². The van der Waals surface area contributed by atoms with E-state index in [4.69, 9.17) is 10.8 Å². The van der Waals surface area contributed by atoms with Crippen molar-refractivity contribution in [2.75, 3.05) is 23.3 Å². The molecular formula is C25H29N7O5S. The van der Waals surface area contributed by atoms with Crippen LogP contribution in [0, 0.1) is 0 Å². The maximum absolute atomic E-state index is 13.4. The summed E-state index contributed by atoms with van der Waals surface area (Å²) < 4.78 is 1.26. The number of piperidine rings is 1. The highest BCUT2D eigenvalue weighted by Gasteiger charge is 2.25. The second-order valence-electron chi connectivity index (χ2n) is 10.0. The number of nitrogens with one attached hydrogen (secondary N) is 2. The van der Waals surface area contributed by atoms with Crippen LogP contribution in [0.25, 0.3) is 11.7 Å². The van der Waals surface area contributed by atoms with Crippen molar-refractivity contribution in [3.8, 4) is 0 Å². The Morgan fingerprint density at radius 3 is 2.68 bits per heavy atom. The quantitative estimate of drug-likeness (QED) is 0.346. The Hall–Kier alpha value is -4.26. The van der Waals surface area contributed by atoms with Crippen molar-refractivity contribution < 1.29 is 19.5 Å². The molecule has 0 aliphatic carbocycles. The van der Waals surface area contributed by atoms with E-state index in [1.807, 2.05) is 31.1 Å². The van der Waals surface area contributed by atoms with Gasteiger partial charge in [-0.05, 0) is 31.1 Å². The van der Waals surface area contributed by atoms with Crippen LogP contribution >= 0.6 is 11.3 Å². The molecule has 0 spiro atoms. The van der Waals surface area contributed by atoms with E-state index in [1.165, 1.54) is 40.1 Å². The first-order chi connectivity index (χ1) is 17.9. The van der Waals surface area contributed by atoms with Crippen molar-refractivity contribution >= 4 is 51.9 Å². The standard InChI is InChI=1S/C25H29N7O5S/c1-25(2,3)17-13-38-24(28-17)30-21(35)14-8-10-32-18(11-14)29-20(16(22(32)36)6-7-19(33)34)31-9-4-5-15(12-31)27-23(26)37/h6-8,10-11,13,15H,4-5,9,12H2,1-3H3,(H,33,34)(H3,26,27,37)(H,28,30,35). The summed E-state index contributed by atoms with van der Waals surface area (Å²) in [6.07, 6.45) is 4.91. The molecule has 1 atom stereocenters. The zero-order chi connectivity index (χ0) is 27.6. The fourth-order valence-electron chi connectivity index (χ4n) is 4.16. The van der Waals surface area contributed by atoms with Gasteiger partial charge in [0.2, 0.25) is 0 Å². The first-order valence-electron chi connectivity index (χ1n) is 12.0. The van der Waals surface area contributed by atoms with Crippen molar-refractivity contribution in [3.63, 3.8) is 0 Å². The van der Waals surface area contributed by atoms with E-state index in [-0.39, 0.29) is 34.0 Å². The third kappa shape index (κ3) is 5.99. The number of pyridine rings is 1. The Morgan fingerprint density at radius 2 is 2.03 bits per heavy atom. The van der Waals surface area contributed by atoms with E-state index in [9.17, 15) is 19.2 Å². The lowest BCUT2D eigenvalue weighted by Crippen LogP contribution is -2.50. The van der Waals surface area contributed by atoms with Crippen LogP contribution in [0.5, 0.6) is 0 Å². The van der Waals surface area contributed by atoms with E-state index >= 15 is 0 Å². The predicted molar refractivity (Wildman–Crippen MR) is 145 cm³/mol. The average Bonchev–Trinajstić information content (AvgIpc) is 3.32. The van der Waals surface area contributed by atoms with Crippen LogP contribution < -0.4 is 26.8 Å². The van der Waals surface area contributed by atoms with E-state index < -0.39 is 23.5 Å². The van der Waals surface area contributed by atoms with Gasteiger partial charge < -0.3 is 21.1 Å². The zero-order valence-corrected chi connectivity index (χ0v) is 22.0. The number of anilines is 2. The van der Waals surface area contributed by atoms with Gasteiger partial charge in [0.25, 0.3) is 11.5 Å². The maximum atomic E-state index is 13.4. The van der Waals surface area contributed by atoms with E-state index in [2.05, 4.69) is 20.6 Å². The molecule has 1 fully saturated rings. The van der Waals surface area contributed by atoms with Crippen molar-refractivity contribution in [2.45, 2.75) is 45.1 Å². The van der Waals surface area contributed by atoms with Crippen LogP contribution in [0.3, 0.4) is 0 Å². The van der Waals surface area contributed by atoms with Crippen LogP contribution in [0.4, 0.5) is 15.7 Å². The van der Waals surface area contributed by atoms with Gasteiger partial charge in [-0.1, -0.05) is 20.8 Å². The summed E-state index contributed by atoms with van der Waals surface area (Å²) in [4.78, 5) is 59.9. The Labute approximate surface area is 222 Å². The molecule has 0 radical (unpaired) electrons. The summed E-state index contributed by atoms with van der Waals surface area (Å²) in [5.74, 6) is -1.36. The van der Waals surface area contributed by atoms with Gasteiger partial charge in [-0.2, -0.15) is 0 Å².